The molecule has 0 radical (unpaired) electrons. The molecule has 0 amide bonds. The molecule has 0 aromatic heterocycles. The van der Waals surface area contributed by atoms with Gasteiger partial charge >= 0.3 is 0 Å². The lowest BCUT2D eigenvalue weighted by atomic mass is 10.1. The van der Waals surface area contributed by atoms with Gasteiger partial charge in [0.1, 0.15) is 5.75 Å². The van der Waals surface area contributed by atoms with E-state index in [4.69, 9.17) is 4.74 Å². The van der Waals surface area contributed by atoms with Crippen LogP contribution >= 0.6 is 11.8 Å². The van der Waals surface area contributed by atoms with Gasteiger partial charge in [0.2, 0.25) is 0 Å². The zero-order chi connectivity index (χ0) is 11.8. The number of rotatable bonds is 1. The first-order chi connectivity index (χ1) is 8.26. The molecule has 1 aromatic rings. The van der Waals surface area contributed by atoms with Gasteiger partial charge in [-0.15, -0.1) is 0 Å². The van der Waals surface area contributed by atoms with E-state index in [9.17, 15) is 4.79 Å². The van der Waals surface area contributed by atoms with Gasteiger partial charge in [0.15, 0.2) is 5.78 Å². The average Bonchev–Trinajstić information content (AvgIpc) is 2.35. The van der Waals surface area contributed by atoms with E-state index in [0.29, 0.717) is 6.42 Å². The highest BCUT2D eigenvalue weighted by Gasteiger charge is 2.21. The van der Waals surface area contributed by atoms with Crippen molar-refractivity contribution in [2.75, 3.05) is 12.4 Å². The number of carbonyl (C=O) groups excluding carboxylic acids is 1. The zero-order valence-corrected chi connectivity index (χ0v) is 10.1. The molecule has 0 unspecified atom stereocenters. The predicted octanol–water partition coefficient (Wildman–Crippen LogP) is 2.95. The molecule has 3 nitrogen and oxygen atoms in total. The molecule has 1 heterocycles. The Bertz CT molecular complexity index is 561. The van der Waals surface area contributed by atoms with E-state index < -0.39 is 0 Å². The van der Waals surface area contributed by atoms with Crippen LogP contribution in [-0.4, -0.2) is 12.9 Å². The topological polar surface area (TPSA) is 38.3 Å². The van der Waals surface area contributed by atoms with Crippen LogP contribution in [0.5, 0.6) is 5.75 Å². The lowest BCUT2D eigenvalue weighted by Gasteiger charge is -2.24. The molecule has 1 aromatic carbocycles. The standard InChI is InChI=1S/C13H11NO2S/c1-16-9-3-5-11-13(7-9)17-12-6-8(15)2-4-10(12)14-11/h2-5,7,14H,6H2,1H3. The van der Waals surface area contributed by atoms with Crippen LogP contribution in [0.1, 0.15) is 6.42 Å². The molecule has 0 fully saturated rings. The van der Waals surface area contributed by atoms with Gasteiger partial charge in [0.05, 0.1) is 12.8 Å². The van der Waals surface area contributed by atoms with Crippen LogP contribution in [0.2, 0.25) is 0 Å². The van der Waals surface area contributed by atoms with E-state index in [-0.39, 0.29) is 5.78 Å². The Morgan fingerprint density at radius 3 is 3.06 bits per heavy atom. The minimum Gasteiger partial charge on any atom is -0.497 e. The molecule has 0 saturated carbocycles. The fourth-order valence-electron chi connectivity index (χ4n) is 1.88. The number of anilines is 1. The van der Waals surface area contributed by atoms with E-state index in [1.807, 2.05) is 24.3 Å². The number of ketones is 1. The predicted molar refractivity (Wildman–Crippen MR) is 68.3 cm³/mol. The Kier molecular flexibility index (Phi) is 2.44. The van der Waals surface area contributed by atoms with Crippen molar-refractivity contribution in [3.05, 3.63) is 41.0 Å². The summed E-state index contributed by atoms with van der Waals surface area (Å²) in [5, 5.41) is 3.33. The third kappa shape index (κ3) is 1.85. The van der Waals surface area contributed by atoms with Crippen molar-refractivity contribution >= 4 is 23.2 Å². The minimum atomic E-state index is 0.157. The lowest BCUT2D eigenvalue weighted by Crippen LogP contribution is -2.12. The second-order valence-electron chi connectivity index (χ2n) is 3.90. The van der Waals surface area contributed by atoms with E-state index in [0.717, 1.165) is 26.9 Å². The molecular formula is C13H11NO2S. The van der Waals surface area contributed by atoms with Gasteiger partial charge in [-0.2, -0.15) is 0 Å². The van der Waals surface area contributed by atoms with Crippen LogP contribution in [0, 0.1) is 0 Å². The monoisotopic (exact) mass is 245 g/mol. The van der Waals surface area contributed by atoms with Gasteiger partial charge in [-0.1, -0.05) is 11.8 Å². The molecule has 1 aliphatic carbocycles. The Morgan fingerprint density at radius 2 is 2.24 bits per heavy atom. The van der Waals surface area contributed by atoms with Gasteiger partial charge < -0.3 is 10.1 Å². The molecule has 0 spiro atoms. The number of carbonyl (C=O) groups is 1. The minimum absolute atomic E-state index is 0.157. The van der Waals surface area contributed by atoms with Crippen molar-refractivity contribution in [3.63, 3.8) is 0 Å². The molecule has 2 aliphatic rings. The molecule has 1 aliphatic heterocycles. The Morgan fingerprint density at radius 1 is 1.35 bits per heavy atom. The number of nitrogens with one attached hydrogen (secondary N) is 1. The number of fused-ring (bicyclic) bond motifs is 1. The summed E-state index contributed by atoms with van der Waals surface area (Å²) >= 11 is 1.64. The van der Waals surface area contributed by atoms with Gasteiger partial charge in [0, 0.05) is 21.9 Å². The smallest absolute Gasteiger partial charge is 0.160 e. The van der Waals surface area contributed by atoms with Crippen molar-refractivity contribution in [1.82, 2.24) is 0 Å². The third-order valence-corrected chi connectivity index (χ3v) is 3.93. The van der Waals surface area contributed by atoms with Crippen LogP contribution in [-0.2, 0) is 4.79 Å². The number of benzene rings is 1. The number of ether oxygens (including phenoxy) is 1. The van der Waals surface area contributed by atoms with Gasteiger partial charge in [0.25, 0.3) is 0 Å². The SMILES string of the molecule is COc1ccc2c(c1)SC1=C(C=CC(=O)C1)N2. The third-order valence-electron chi connectivity index (χ3n) is 2.76. The maximum Gasteiger partial charge on any atom is 0.160 e. The summed E-state index contributed by atoms with van der Waals surface area (Å²) < 4.78 is 5.20. The maximum absolute atomic E-state index is 11.4. The summed E-state index contributed by atoms with van der Waals surface area (Å²) in [6.45, 7) is 0. The lowest BCUT2D eigenvalue weighted by molar-refractivity contribution is -0.114. The second kappa shape index (κ2) is 3.96. The maximum atomic E-state index is 11.4. The number of allylic oxidation sites excluding steroid dienone is 3. The molecule has 0 saturated heterocycles. The van der Waals surface area contributed by atoms with Gasteiger partial charge in [-0.25, -0.2) is 0 Å². The Labute approximate surface area is 104 Å². The van der Waals surface area contributed by atoms with Crippen molar-refractivity contribution in [2.45, 2.75) is 11.3 Å². The molecule has 0 bridgehead atoms. The summed E-state index contributed by atoms with van der Waals surface area (Å²) in [6.07, 6.45) is 3.96. The van der Waals surface area contributed by atoms with Crippen molar-refractivity contribution in [1.29, 1.82) is 0 Å². The summed E-state index contributed by atoms with van der Waals surface area (Å²) in [5.74, 6) is 0.990. The molecule has 86 valence electrons. The highest BCUT2D eigenvalue weighted by atomic mass is 32.2. The first-order valence-corrected chi connectivity index (χ1v) is 6.15. The average molecular weight is 245 g/mol. The largest absolute Gasteiger partial charge is 0.497 e. The molecule has 17 heavy (non-hydrogen) atoms. The summed E-state index contributed by atoms with van der Waals surface area (Å²) in [4.78, 5) is 13.6. The van der Waals surface area contributed by atoms with Crippen molar-refractivity contribution in [2.24, 2.45) is 0 Å². The van der Waals surface area contributed by atoms with E-state index in [1.165, 1.54) is 0 Å². The quantitative estimate of drug-likeness (QED) is 0.825. The fraction of sp³-hybridized carbons (Fsp3) is 0.154. The van der Waals surface area contributed by atoms with Crippen LogP contribution in [0.3, 0.4) is 0 Å². The number of thioether (sulfide) groups is 1. The van der Waals surface area contributed by atoms with E-state index in [2.05, 4.69) is 5.32 Å². The zero-order valence-electron chi connectivity index (χ0n) is 9.32. The Hall–Kier alpha value is -1.68. The van der Waals surface area contributed by atoms with Crippen LogP contribution in [0.25, 0.3) is 0 Å². The summed E-state index contributed by atoms with van der Waals surface area (Å²) in [7, 11) is 1.65. The highest BCUT2D eigenvalue weighted by molar-refractivity contribution is 8.03. The normalized spacial score (nSPS) is 17.4. The summed E-state index contributed by atoms with van der Waals surface area (Å²) in [6, 6.07) is 5.91. The number of hydrogen-bond donors (Lipinski definition) is 1. The van der Waals surface area contributed by atoms with Gasteiger partial charge in [-0.05, 0) is 30.4 Å². The fourth-order valence-corrected chi connectivity index (χ4v) is 2.99. The van der Waals surface area contributed by atoms with Crippen molar-refractivity contribution in [3.8, 4) is 5.75 Å². The number of hydrogen-bond acceptors (Lipinski definition) is 4. The summed E-state index contributed by atoms with van der Waals surface area (Å²) in [5.41, 5.74) is 2.10. The van der Waals surface area contributed by atoms with Crippen LogP contribution in [0.4, 0.5) is 5.69 Å². The molecular weight excluding hydrogens is 234 g/mol. The van der Waals surface area contributed by atoms with Crippen LogP contribution in [0.15, 0.2) is 45.8 Å². The van der Waals surface area contributed by atoms with E-state index >= 15 is 0 Å². The second-order valence-corrected chi connectivity index (χ2v) is 5.04. The van der Waals surface area contributed by atoms with E-state index in [1.54, 1.807) is 24.9 Å². The molecule has 1 N–H and O–H groups in total. The Balaban J connectivity index is 1.98. The highest BCUT2D eigenvalue weighted by Crippen LogP contribution is 2.43. The molecule has 4 heteroatoms. The van der Waals surface area contributed by atoms with Crippen molar-refractivity contribution < 1.29 is 9.53 Å². The number of methoxy groups -OCH3 is 1. The molecule has 0 atom stereocenters. The van der Waals surface area contributed by atoms with Gasteiger partial charge in [-0.3, -0.25) is 4.79 Å². The first kappa shape index (κ1) is 10.5. The first-order valence-electron chi connectivity index (χ1n) is 5.33. The molecule has 3 rings (SSSR count). The van der Waals surface area contributed by atoms with Crippen LogP contribution < -0.4 is 10.1 Å².